The second kappa shape index (κ2) is 7.77. The lowest BCUT2D eigenvalue weighted by Crippen LogP contribution is -1.90. The van der Waals surface area contributed by atoms with Gasteiger partial charge in [0.1, 0.15) is 5.75 Å². The van der Waals surface area contributed by atoms with E-state index < -0.39 is 0 Å². The van der Waals surface area contributed by atoms with Gasteiger partial charge in [0.25, 0.3) is 0 Å². The standard InChI is InChI=1S/C21H23NO/c1-2-3-4-5-8-17-11-14-19(15-12-17)23-21-16-13-18-9-6-7-10-20(18)22-21/h6-7,9-16H,2-5,8H2,1H3. The van der Waals surface area contributed by atoms with E-state index in [4.69, 9.17) is 4.74 Å². The van der Waals surface area contributed by atoms with Gasteiger partial charge in [-0.15, -0.1) is 0 Å². The van der Waals surface area contributed by atoms with Crippen molar-refractivity contribution in [2.45, 2.75) is 39.0 Å². The molecule has 0 saturated carbocycles. The van der Waals surface area contributed by atoms with Crippen molar-refractivity contribution in [1.29, 1.82) is 0 Å². The molecule has 0 radical (unpaired) electrons. The summed E-state index contributed by atoms with van der Waals surface area (Å²) < 4.78 is 5.87. The number of rotatable bonds is 7. The molecule has 2 aromatic carbocycles. The van der Waals surface area contributed by atoms with E-state index in [0.29, 0.717) is 5.88 Å². The van der Waals surface area contributed by atoms with Crippen molar-refractivity contribution in [3.8, 4) is 11.6 Å². The maximum Gasteiger partial charge on any atom is 0.219 e. The molecule has 0 fully saturated rings. The van der Waals surface area contributed by atoms with Crippen LogP contribution in [0.5, 0.6) is 11.6 Å². The number of nitrogens with zero attached hydrogens (tertiary/aromatic N) is 1. The number of ether oxygens (including phenoxy) is 1. The van der Waals surface area contributed by atoms with E-state index in [0.717, 1.165) is 23.1 Å². The minimum absolute atomic E-state index is 0.638. The van der Waals surface area contributed by atoms with Gasteiger partial charge in [-0.3, -0.25) is 0 Å². The molecule has 2 nitrogen and oxygen atoms in total. The minimum atomic E-state index is 0.638. The van der Waals surface area contributed by atoms with Crippen LogP contribution in [0.4, 0.5) is 0 Å². The first kappa shape index (κ1) is 15.5. The summed E-state index contributed by atoms with van der Waals surface area (Å²) in [5, 5.41) is 1.13. The molecule has 0 N–H and O–H groups in total. The normalized spacial score (nSPS) is 10.8. The van der Waals surface area contributed by atoms with Crippen molar-refractivity contribution >= 4 is 10.9 Å². The van der Waals surface area contributed by atoms with E-state index in [-0.39, 0.29) is 0 Å². The molecule has 0 aliphatic carbocycles. The minimum Gasteiger partial charge on any atom is -0.439 e. The molecule has 0 bridgehead atoms. The van der Waals surface area contributed by atoms with Crippen LogP contribution in [0.25, 0.3) is 10.9 Å². The third kappa shape index (κ3) is 4.32. The Morgan fingerprint density at radius 1 is 0.826 bits per heavy atom. The van der Waals surface area contributed by atoms with Crippen molar-refractivity contribution in [3.05, 3.63) is 66.2 Å². The Bertz CT molecular complexity index is 749. The molecule has 23 heavy (non-hydrogen) atoms. The third-order valence-corrected chi connectivity index (χ3v) is 4.04. The molecule has 3 aromatic rings. The predicted octanol–water partition coefficient (Wildman–Crippen LogP) is 6.15. The van der Waals surface area contributed by atoms with Gasteiger partial charge in [-0.25, -0.2) is 4.98 Å². The summed E-state index contributed by atoms with van der Waals surface area (Å²) in [6, 6.07) is 20.4. The largest absolute Gasteiger partial charge is 0.439 e. The summed E-state index contributed by atoms with van der Waals surface area (Å²) in [4.78, 5) is 4.54. The molecule has 0 spiro atoms. The van der Waals surface area contributed by atoms with Gasteiger partial charge in [0.05, 0.1) is 5.52 Å². The smallest absolute Gasteiger partial charge is 0.219 e. The average Bonchev–Trinajstić information content (AvgIpc) is 2.60. The summed E-state index contributed by atoms with van der Waals surface area (Å²) in [6.07, 6.45) is 6.34. The monoisotopic (exact) mass is 305 g/mol. The van der Waals surface area contributed by atoms with Gasteiger partial charge >= 0.3 is 0 Å². The number of pyridine rings is 1. The molecule has 2 heteroatoms. The molecular weight excluding hydrogens is 282 g/mol. The summed E-state index contributed by atoms with van der Waals surface area (Å²) in [7, 11) is 0. The van der Waals surface area contributed by atoms with Crippen molar-refractivity contribution in [3.63, 3.8) is 0 Å². The molecule has 0 aliphatic heterocycles. The van der Waals surface area contributed by atoms with Crippen LogP contribution >= 0.6 is 0 Å². The highest BCUT2D eigenvalue weighted by molar-refractivity contribution is 5.78. The maximum atomic E-state index is 5.87. The van der Waals surface area contributed by atoms with Crippen LogP contribution in [0.1, 0.15) is 38.2 Å². The van der Waals surface area contributed by atoms with E-state index in [9.17, 15) is 0 Å². The fraction of sp³-hybridized carbons (Fsp3) is 0.286. The molecule has 0 aliphatic rings. The summed E-state index contributed by atoms with van der Waals surface area (Å²) in [6.45, 7) is 2.24. The maximum absolute atomic E-state index is 5.87. The van der Waals surface area contributed by atoms with E-state index in [1.54, 1.807) is 0 Å². The zero-order chi connectivity index (χ0) is 15.9. The van der Waals surface area contributed by atoms with Crippen molar-refractivity contribution in [2.24, 2.45) is 0 Å². The number of benzene rings is 2. The second-order valence-electron chi connectivity index (χ2n) is 5.90. The first-order chi connectivity index (χ1) is 11.3. The number of hydrogen-bond donors (Lipinski definition) is 0. The van der Waals surface area contributed by atoms with Crippen molar-refractivity contribution in [2.75, 3.05) is 0 Å². The number of hydrogen-bond acceptors (Lipinski definition) is 2. The lowest BCUT2D eigenvalue weighted by molar-refractivity contribution is 0.465. The highest BCUT2D eigenvalue weighted by atomic mass is 16.5. The Hall–Kier alpha value is -2.35. The van der Waals surface area contributed by atoms with Gasteiger partial charge in [-0.2, -0.15) is 0 Å². The lowest BCUT2D eigenvalue weighted by Gasteiger charge is -2.07. The molecule has 1 aromatic heterocycles. The van der Waals surface area contributed by atoms with Crippen LogP contribution in [-0.4, -0.2) is 4.98 Å². The summed E-state index contributed by atoms with van der Waals surface area (Å²) >= 11 is 0. The molecular formula is C21H23NO. The highest BCUT2D eigenvalue weighted by Crippen LogP contribution is 2.23. The summed E-state index contributed by atoms with van der Waals surface area (Å²) in [5.41, 5.74) is 2.33. The Morgan fingerprint density at radius 2 is 1.65 bits per heavy atom. The molecule has 0 atom stereocenters. The van der Waals surface area contributed by atoms with Crippen LogP contribution in [0.15, 0.2) is 60.7 Å². The van der Waals surface area contributed by atoms with Gasteiger partial charge < -0.3 is 4.74 Å². The Labute approximate surface area is 138 Å². The molecule has 118 valence electrons. The van der Waals surface area contributed by atoms with Crippen LogP contribution in [0.3, 0.4) is 0 Å². The van der Waals surface area contributed by atoms with Gasteiger partial charge in [0, 0.05) is 11.5 Å². The van der Waals surface area contributed by atoms with Gasteiger partial charge in [0.15, 0.2) is 0 Å². The van der Waals surface area contributed by atoms with Crippen LogP contribution in [0, 0.1) is 0 Å². The molecule has 3 rings (SSSR count). The van der Waals surface area contributed by atoms with Gasteiger partial charge in [-0.1, -0.05) is 56.5 Å². The molecule has 0 amide bonds. The zero-order valence-electron chi connectivity index (χ0n) is 13.7. The number of para-hydroxylation sites is 1. The quantitative estimate of drug-likeness (QED) is 0.488. The Balaban J connectivity index is 1.62. The number of aryl methyl sites for hydroxylation is 1. The van der Waals surface area contributed by atoms with E-state index in [1.807, 2.05) is 42.5 Å². The zero-order valence-corrected chi connectivity index (χ0v) is 13.7. The van der Waals surface area contributed by atoms with Crippen LogP contribution in [-0.2, 0) is 6.42 Å². The van der Waals surface area contributed by atoms with E-state index in [2.05, 4.69) is 30.1 Å². The first-order valence-corrected chi connectivity index (χ1v) is 8.48. The fourth-order valence-corrected chi connectivity index (χ4v) is 2.70. The van der Waals surface area contributed by atoms with Gasteiger partial charge in [-0.05, 0) is 42.7 Å². The van der Waals surface area contributed by atoms with Crippen LogP contribution < -0.4 is 4.74 Å². The highest BCUT2D eigenvalue weighted by Gasteiger charge is 2.01. The van der Waals surface area contributed by atoms with Crippen molar-refractivity contribution < 1.29 is 4.74 Å². The topological polar surface area (TPSA) is 22.1 Å². The van der Waals surface area contributed by atoms with E-state index in [1.165, 1.54) is 31.2 Å². The second-order valence-corrected chi connectivity index (χ2v) is 5.90. The van der Waals surface area contributed by atoms with Crippen LogP contribution in [0.2, 0.25) is 0 Å². The number of fused-ring (bicyclic) bond motifs is 1. The number of unbranched alkanes of at least 4 members (excludes halogenated alkanes) is 3. The molecule has 1 heterocycles. The van der Waals surface area contributed by atoms with Gasteiger partial charge in [0.2, 0.25) is 5.88 Å². The molecule has 0 unspecified atom stereocenters. The third-order valence-electron chi connectivity index (χ3n) is 4.04. The predicted molar refractivity (Wildman–Crippen MR) is 96.1 cm³/mol. The number of aromatic nitrogens is 1. The van der Waals surface area contributed by atoms with Crippen molar-refractivity contribution in [1.82, 2.24) is 4.98 Å². The average molecular weight is 305 g/mol. The Kier molecular flexibility index (Phi) is 5.25. The van der Waals surface area contributed by atoms with E-state index >= 15 is 0 Å². The SMILES string of the molecule is CCCCCCc1ccc(Oc2ccc3ccccc3n2)cc1. The molecule has 0 saturated heterocycles. The lowest BCUT2D eigenvalue weighted by atomic mass is 10.1. The Morgan fingerprint density at radius 3 is 2.48 bits per heavy atom. The first-order valence-electron chi connectivity index (χ1n) is 8.48. The summed E-state index contributed by atoms with van der Waals surface area (Å²) in [5.74, 6) is 1.48. The fourth-order valence-electron chi connectivity index (χ4n) is 2.70.